The summed E-state index contributed by atoms with van der Waals surface area (Å²) in [5, 5.41) is 4.04. The summed E-state index contributed by atoms with van der Waals surface area (Å²) in [5.41, 5.74) is 1.15. The maximum Gasteiger partial charge on any atom is 0.141 e. The van der Waals surface area contributed by atoms with Gasteiger partial charge in [-0.2, -0.15) is 11.8 Å². The van der Waals surface area contributed by atoms with Crippen molar-refractivity contribution in [2.24, 2.45) is 0 Å². The fourth-order valence-electron chi connectivity index (χ4n) is 1.90. The van der Waals surface area contributed by atoms with Crippen molar-refractivity contribution in [3.05, 3.63) is 22.2 Å². The van der Waals surface area contributed by atoms with Crippen LogP contribution in [0.15, 0.2) is 16.6 Å². The Hall–Kier alpha value is -0.390. The fraction of sp³-hybridized carbons (Fsp3) is 0.600. The highest BCUT2D eigenvalue weighted by atomic mass is 79.9. The zero-order valence-electron chi connectivity index (χ0n) is 12.8. The van der Waals surface area contributed by atoms with Crippen molar-refractivity contribution in [1.29, 1.82) is 0 Å². The van der Waals surface area contributed by atoms with Crippen molar-refractivity contribution in [3.63, 3.8) is 0 Å². The number of nitrogens with one attached hydrogen (secondary N) is 1. The second kappa shape index (κ2) is 8.80. The van der Waals surface area contributed by atoms with Gasteiger partial charge in [0.05, 0.1) is 14.2 Å². The zero-order valence-corrected chi connectivity index (χ0v) is 15.2. The van der Waals surface area contributed by atoms with Crippen molar-refractivity contribution < 1.29 is 9.47 Å². The lowest BCUT2D eigenvalue weighted by Gasteiger charge is -2.22. The average Bonchev–Trinajstić information content (AvgIpc) is 2.47. The molecule has 0 aliphatic heterocycles. The van der Waals surface area contributed by atoms with E-state index in [2.05, 4.69) is 41.2 Å². The average molecular weight is 362 g/mol. The molecular weight excluding hydrogens is 338 g/mol. The predicted molar refractivity (Wildman–Crippen MR) is 91.3 cm³/mol. The summed E-state index contributed by atoms with van der Waals surface area (Å²) >= 11 is 5.53. The standard InChI is InChI=1S/C15H24BrNO2S/c1-6-10(2)20-9-12(17-3)11-7-8-13(18-4)14(16)15(11)19-5/h7-8,10,12,17H,6,9H2,1-5H3. The molecule has 0 aliphatic rings. The Balaban J connectivity index is 3.00. The number of methoxy groups -OCH3 is 2. The van der Waals surface area contributed by atoms with Crippen LogP contribution in [0.5, 0.6) is 11.5 Å². The second-order valence-corrected chi connectivity index (χ2v) is 6.86. The molecule has 0 heterocycles. The molecule has 5 heteroatoms. The number of ether oxygens (including phenoxy) is 2. The topological polar surface area (TPSA) is 30.5 Å². The van der Waals surface area contributed by atoms with Crippen LogP contribution in [-0.4, -0.2) is 32.3 Å². The smallest absolute Gasteiger partial charge is 0.141 e. The first kappa shape index (κ1) is 17.7. The van der Waals surface area contributed by atoms with Crippen LogP contribution in [0.3, 0.4) is 0 Å². The monoisotopic (exact) mass is 361 g/mol. The molecule has 20 heavy (non-hydrogen) atoms. The van der Waals surface area contributed by atoms with Gasteiger partial charge in [0.25, 0.3) is 0 Å². The predicted octanol–water partition coefficient (Wildman–Crippen LogP) is 4.26. The van der Waals surface area contributed by atoms with E-state index in [0.29, 0.717) is 5.25 Å². The third-order valence-electron chi connectivity index (χ3n) is 3.36. The van der Waals surface area contributed by atoms with Gasteiger partial charge in [-0.25, -0.2) is 0 Å². The Morgan fingerprint density at radius 2 is 2.00 bits per heavy atom. The number of rotatable bonds is 8. The molecule has 0 fully saturated rings. The van der Waals surface area contributed by atoms with Crippen molar-refractivity contribution >= 4 is 27.7 Å². The number of halogens is 1. The summed E-state index contributed by atoms with van der Waals surface area (Å²) in [6.45, 7) is 4.48. The van der Waals surface area contributed by atoms with Crippen LogP contribution in [0.2, 0.25) is 0 Å². The molecule has 1 N–H and O–H groups in total. The van der Waals surface area contributed by atoms with Gasteiger partial charge >= 0.3 is 0 Å². The number of thioether (sulfide) groups is 1. The van der Waals surface area contributed by atoms with Gasteiger partial charge in [0, 0.05) is 22.6 Å². The van der Waals surface area contributed by atoms with Crippen molar-refractivity contribution in [2.45, 2.75) is 31.6 Å². The Labute approximate surface area is 134 Å². The van der Waals surface area contributed by atoms with Crippen molar-refractivity contribution in [2.75, 3.05) is 27.0 Å². The lowest BCUT2D eigenvalue weighted by Crippen LogP contribution is -2.20. The van der Waals surface area contributed by atoms with E-state index in [1.165, 1.54) is 6.42 Å². The SMILES string of the molecule is CCC(C)SCC(NC)c1ccc(OC)c(Br)c1OC. The molecule has 1 rings (SSSR count). The minimum Gasteiger partial charge on any atom is -0.495 e. The van der Waals surface area contributed by atoms with E-state index >= 15 is 0 Å². The molecule has 114 valence electrons. The molecule has 3 nitrogen and oxygen atoms in total. The highest BCUT2D eigenvalue weighted by Gasteiger charge is 2.20. The van der Waals surface area contributed by atoms with Gasteiger partial charge < -0.3 is 14.8 Å². The van der Waals surface area contributed by atoms with Crippen LogP contribution in [0.4, 0.5) is 0 Å². The largest absolute Gasteiger partial charge is 0.495 e. The minimum absolute atomic E-state index is 0.256. The number of hydrogen-bond donors (Lipinski definition) is 1. The summed E-state index contributed by atoms with van der Waals surface area (Å²) in [4.78, 5) is 0. The van der Waals surface area contributed by atoms with Crippen LogP contribution in [0.1, 0.15) is 31.9 Å². The van der Waals surface area contributed by atoms with E-state index < -0.39 is 0 Å². The van der Waals surface area contributed by atoms with Gasteiger partial charge in [-0.3, -0.25) is 0 Å². The highest BCUT2D eigenvalue weighted by Crippen LogP contribution is 2.40. The third-order valence-corrected chi connectivity index (χ3v) is 5.54. The van der Waals surface area contributed by atoms with E-state index in [-0.39, 0.29) is 6.04 Å². The van der Waals surface area contributed by atoms with Gasteiger partial charge in [-0.05, 0) is 41.5 Å². The molecule has 0 spiro atoms. The van der Waals surface area contributed by atoms with Gasteiger partial charge in [0.15, 0.2) is 0 Å². The molecule has 0 saturated heterocycles. The summed E-state index contributed by atoms with van der Waals surface area (Å²) in [7, 11) is 5.34. The molecule has 2 atom stereocenters. The summed E-state index contributed by atoms with van der Waals surface area (Å²) in [5.74, 6) is 2.64. The quantitative estimate of drug-likeness (QED) is 0.749. The zero-order chi connectivity index (χ0) is 15.1. The van der Waals surface area contributed by atoms with Gasteiger partial charge in [-0.1, -0.05) is 13.8 Å². The van der Waals surface area contributed by atoms with Gasteiger partial charge in [0.2, 0.25) is 0 Å². The normalized spacial score (nSPS) is 13.9. The lowest BCUT2D eigenvalue weighted by atomic mass is 10.1. The molecule has 0 aliphatic carbocycles. The maximum absolute atomic E-state index is 5.56. The first-order chi connectivity index (χ1) is 9.58. The van der Waals surface area contributed by atoms with E-state index in [9.17, 15) is 0 Å². The maximum atomic E-state index is 5.56. The lowest BCUT2D eigenvalue weighted by molar-refractivity contribution is 0.382. The molecule has 0 saturated carbocycles. The Morgan fingerprint density at radius 3 is 2.50 bits per heavy atom. The third kappa shape index (κ3) is 4.30. The molecule has 0 bridgehead atoms. The minimum atomic E-state index is 0.256. The Kier molecular flexibility index (Phi) is 7.77. The summed E-state index contributed by atoms with van der Waals surface area (Å²) in [6.07, 6.45) is 1.19. The second-order valence-electron chi connectivity index (χ2n) is 4.60. The molecule has 1 aromatic rings. The first-order valence-electron chi connectivity index (χ1n) is 6.78. The van der Waals surface area contributed by atoms with Gasteiger partial charge in [-0.15, -0.1) is 0 Å². The molecule has 2 unspecified atom stereocenters. The number of benzene rings is 1. The van der Waals surface area contributed by atoms with E-state index in [1.807, 2.05) is 24.9 Å². The van der Waals surface area contributed by atoms with Crippen molar-refractivity contribution in [3.8, 4) is 11.5 Å². The fourth-order valence-corrected chi connectivity index (χ4v) is 3.69. The molecule has 0 aromatic heterocycles. The van der Waals surface area contributed by atoms with E-state index in [1.54, 1.807) is 14.2 Å². The van der Waals surface area contributed by atoms with Crippen LogP contribution >= 0.6 is 27.7 Å². The first-order valence-corrected chi connectivity index (χ1v) is 8.62. The van der Waals surface area contributed by atoms with Crippen LogP contribution < -0.4 is 14.8 Å². The van der Waals surface area contributed by atoms with Crippen LogP contribution in [0, 0.1) is 0 Å². The summed E-state index contributed by atoms with van der Waals surface area (Å²) < 4.78 is 11.7. The molecule has 0 radical (unpaired) electrons. The van der Waals surface area contributed by atoms with Crippen LogP contribution in [0.25, 0.3) is 0 Å². The van der Waals surface area contributed by atoms with Crippen molar-refractivity contribution in [1.82, 2.24) is 5.32 Å². The molecular formula is C15H24BrNO2S. The summed E-state index contributed by atoms with van der Waals surface area (Å²) in [6, 6.07) is 4.30. The number of hydrogen-bond acceptors (Lipinski definition) is 4. The van der Waals surface area contributed by atoms with E-state index in [0.717, 1.165) is 27.3 Å². The highest BCUT2D eigenvalue weighted by molar-refractivity contribution is 9.10. The molecule has 1 aromatic carbocycles. The Bertz CT molecular complexity index is 429. The van der Waals surface area contributed by atoms with E-state index in [4.69, 9.17) is 9.47 Å². The molecule has 0 amide bonds. The Morgan fingerprint density at radius 1 is 1.30 bits per heavy atom. The van der Waals surface area contributed by atoms with Gasteiger partial charge in [0.1, 0.15) is 16.0 Å². The van der Waals surface area contributed by atoms with Crippen LogP contribution in [-0.2, 0) is 0 Å².